The zero-order valence-corrected chi connectivity index (χ0v) is 23.4. The third-order valence-corrected chi connectivity index (χ3v) is 8.73. The Kier molecular flexibility index (Phi) is 11.2. The molecule has 1 aromatic heterocycles. The normalized spacial score (nSPS) is 22.9. The van der Waals surface area contributed by atoms with Crippen LogP contribution in [0.15, 0.2) is 54.9 Å². The molecule has 14 heteroatoms. The minimum absolute atomic E-state index is 0.105. The SMILES string of the molecule is CC(C)(CO)C(=O)SCCOP(=O)(NCc1ccccc1)OCC1OC([n+]2cccc(C(N)=O)c2)C(O)C1O. The summed E-state index contributed by atoms with van der Waals surface area (Å²) in [6, 6.07) is 12.2. The number of benzene rings is 1. The van der Waals surface area contributed by atoms with Crippen LogP contribution in [0.2, 0.25) is 0 Å². The number of nitrogens with two attached hydrogens (primary N) is 1. The highest BCUT2D eigenvalue weighted by Gasteiger charge is 2.49. The smallest absolute Gasteiger partial charge is 0.395 e. The number of ether oxygens (including phenoxy) is 1. The van der Waals surface area contributed by atoms with Gasteiger partial charge in [-0.05, 0) is 25.5 Å². The first-order valence-corrected chi connectivity index (χ1v) is 14.8. The van der Waals surface area contributed by atoms with E-state index in [0.717, 1.165) is 17.3 Å². The maximum atomic E-state index is 13.6. The van der Waals surface area contributed by atoms with Gasteiger partial charge >= 0.3 is 7.75 Å². The summed E-state index contributed by atoms with van der Waals surface area (Å²) in [5.74, 6) is -0.502. The lowest BCUT2D eigenvalue weighted by atomic mass is 9.97. The first kappa shape index (κ1) is 31.3. The number of thioether (sulfide) groups is 1. The highest BCUT2D eigenvalue weighted by atomic mass is 32.2. The molecule has 0 saturated carbocycles. The summed E-state index contributed by atoms with van der Waals surface area (Å²) in [5, 5.41) is 33.0. The molecule has 1 aliphatic heterocycles. The van der Waals surface area contributed by atoms with Gasteiger partial charge in [-0.1, -0.05) is 42.1 Å². The summed E-state index contributed by atoms with van der Waals surface area (Å²) >= 11 is 0.946. The first-order valence-electron chi connectivity index (χ1n) is 12.2. The average molecular weight is 585 g/mol. The summed E-state index contributed by atoms with van der Waals surface area (Å²) < 4.78 is 31.9. The monoisotopic (exact) mass is 584 g/mol. The predicted octanol–water partition coefficient (Wildman–Crippen LogP) is 0.902. The van der Waals surface area contributed by atoms with E-state index < -0.39 is 50.2 Å². The Balaban J connectivity index is 1.64. The third kappa shape index (κ3) is 8.65. The van der Waals surface area contributed by atoms with Gasteiger partial charge in [0.05, 0.1) is 25.2 Å². The average Bonchev–Trinajstić information content (AvgIpc) is 3.22. The van der Waals surface area contributed by atoms with Crippen LogP contribution in [0.3, 0.4) is 0 Å². The number of hydrogen-bond acceptors (Lipinski definition) is 10. The lowest BCUT2D eigenvalue weighted by Crippen LogP contribution is -2.46. The molecule has 5 unspecified atom stereocenters. The summed E-state index contributed by atoms with van der Waals surface area (Å²) in [5.41, 5.74) is 5.41. The Bertz CT molecular complexity index is 1170. The van der Waals surface area contributed by atoms with Crippen LogP contribution in [-0.2, 0) is 29.7 Å². The number of pyridine rings is 1. The molecule has 1 aliphatic rings. The van der Waals surface area contributed by atoms with E-state index in [-0.39, 0.29) is 36.2 Å². The topological polar surface area (TPSA) is 182 Å². The van der Waals surface area contributed by atoms with Crippen LogP contribution in [0.25, 0.3) is 0 Å². The Morgan fingerprint density at radius 2 is 1.87 bits per heavy atom. The van der Waals surface area contributed by atoms with Crippen LogP contribution in [0.4, 0.5) is 0 Å². The van der Waals surface area contributed by atoms with Crippen LogP contribution in [0, 0.1) is 5.41 Å². The van der Waals surface area contributed by atoms with Crippen molar-refractivity contribution in [3.8, 4) is 0 Å². The third-order valence-electron chi connectivity index (χ3n) is 5.99. The fraction of sp³-hybridized carbons (Fsp3) is 0.480. The van der Waals surface area contributed by atoms with Crippen molar-refractivity contribution in [2.75, 3.05) is 25.6 Å². The van der Waals surface area contributed by atoms with Crippen molar-refractivity contribution in [2.24, 2.45) is 11.1 Å². The molecule has 3 rings (SSSR count). The van der Waals surface area contributed by atoms with Crippen molar-refractivity contribution in [2.45, 2.75) is 44.9 Å². The number of carbonyl (C=O) groups excluding carboxylic acids is 2. The molecule has 5 atom stereocenters. The quantitative estimate of drug-likeness (QED) is 0.121. The van der Waals surface area contributed by atoms with E-state index in [2.05, 4.69) is 5.09 Å². The molecule has 1 saturated heterocycles. The van der Waals surface area contributed by atoms with Gasteiger partial charge < -0.3 is 25.8 Å². The summed E-state index contributed by atoms with van der Waals surface area (Å²) in [4.78, 5) is 23.8. The summed E-state index contributed by atoms with van der Waals surface area (Å²) in [7, 11) is -3.97. The molecule has 0 aliphatic carbocycles. The van der Waals surface area contributed by atoms with E-state index in [0.29, 0.717) is 0 Å². The Morgan fingerprint density at radius 1 is 1.15 bits per heavy atom. The van der Waals surface area contributed by atoms with Crippen molar-refractivity contribution in [1.82, 2.24) is 5.09 Å². The maximum Gasteiger partial charge on any atom is 0.405 e. The molecular weight excluding hydrogens is 549 g/mol. The van der Waals surface area contributed by atoms with E-state index in [1.807, 2.05) is 30.3 Å². The van der Waals surface area contributed by atoms with Crippen LogP contribution in [0.5, 0.6) is 0 Å². The first-order chi connectivity index (χ1) is 18.5. The molecule has 2 aromatic rings. The molecule has 214 valence electrons. The van der Waals surface area contributed by atoms with Crippen molar-refractivity contribution < 1.29 is 47.8 Å². The molecule has 1 fully saturated rings. The number of aliphatic hydroxyl groups excluding tert-OH is 3. The van der Waals surface area contributed by atoms with E-state index in [1.165, 1.54) is 16.8 Å². The molecule has 0 spiro atoms. The maximum absolute atomic E-state index is 13.6. The number of aromatic nitrogens is 1. The number of hydrogen-bond donors (Lipinski definition) is 5. The number of amides is 1. The molecule has 39 heavy (non-hydrogen) atoms. The molecule has 12 nitrogen and oxygen atoms in total. The van der Waals surface area contributed by atoms with E-state index in [1.54, 1.807) is 26.1 Å². The molecular formula is C25H35N3O9PS+. The number of rotatable bonds is 14. The van der Waals surface area contributed by atoms with Gasteiger partial charge in [-0.3, -0.25) is 18.6 Å². The van der Waals surface area contributed by atoms with Crippen LogP contribution >= 0.6 is 19.5 Å². The Hall–Kier alpha value is -2.19. The number of carbonyl (C=O) groups is 2. The second-order valence-electron chi connectivity index (χ2n) is 9.58. The summed E-state index contributed by atoms with van der Waals surface area (Å²) in [6.45, 7) is 2.59. The fourth-order valence-electron chi connectivity index (χ4n) is 3.55. The van der Waals surface area contributed by atoms with Crippen molar-refractivity contribution >= 4 is 30.5 Å². The van der Waals surface area contributed by atoms with Gasteiger partial charge in [0.2, 0.25) is 0 Å². The second kappa shape index (κ2) is 13.9. The standard InChI is InChI=1S/C25H34N3O9PS/c1-25(2,16-29)24(33)39-12-11-35-38(34,27-13-17-7-4-3-5-8-17)36-15-19-20(30)21(31)23(37-19)28-10-6-9-18(14-28)22(26)32/h3-10,14,19-21,23,29-31H,11-13,15-16H2,1-2H3,(H2-,26,27,32,34)/p+1. The van der Waals surface area contributed by atoms with Crippen LogP contribution < -0.4 is 15.4 Å². The number of aliphatic hydroxyl groups is 3. The van der Waals surface area contributed by atoms with Crippen molar-refractivity contribution in [3.05, 3.63) is 66.0 Å². The van der Waals surface area contributed by atoms with Crippen molar-refractivity contribution in [1.29, 1.82) is 0 Å². The van der Waals surface area contributed by atoms with Gasteiger partial charge in [-0.25, -0.2) is 9.65 Å². The number of primary amides is 1. The van der Waals surface area contributed by atoms with Gasteiger partial charge in [0.1, 0.15) is 17.8 Å². The Labute approximate surface area is 231 Å². The van der Waals surface area contributed by atoms with E-state index in [9.17, 15) is 29.5 Å². The molecule has 0 bridgehead atoms. The Morgan fingerprint density at radius 3 is 2.54 bits per heavy atom. The van der Waals surface area contributed by atoms with Gasteiger partial charge in [-0.15, -0.1) is 0 Å². The minimum Gasteiger partial charge on any atom is -0.395 e. The fourth-order valence-corrected chi connectivity index (χ4v) is 5.78. The lowest BCUT2D eigenvalue weighted by Gasteiger charge is -2.22. The zero-order chi connectivity index (χ0) is 28.6. The van der Waals surface area contributed by atoms with Gasteiger partial charge in [0, 0.05) is 18.4 Å². The lowest BCUT2D eigenvalue weighted by molar-refractivity contribution is -0.765. The minimum atomic E-state index is -3.97. The highest BCUT2D eigenvalue weighted by molar-refractivity contribution is 8.13. The molecule has 2 heterocycles. The zero-order valence-electron chi connectivity index (χ0n) is 21.7. The highest BCUT2D eigenvalue weighted by Crippen LogP contribution is 2.45. The molecule has 0 radical (unpaired) electrons. The largest absolute Gasteiger partial charge is 0.405 e. The molecule has 1 amide bonds. The van der Waals surface area contributed by atoms with E-state index >= 15 is 0 Å². The second-order valence-corrected chi connectivity index (χ2v) is 12.5. The van der Waals surface area contributed by atoms with E-state index in [4.69, 9.17) is 19.5 Å². The summed E-state index contributed by atoms with van der Waals surface area (Å²) in [6.07, 6.45) is -1.96. The van der Waals surface area contributed by atoms with Crippen LogP contribution in [0.1, 0.15) is 36.0 Å². The van der Waals surface area contributed by atoms with Gasteiger partial charge in [0.25, 0.3) is 12.1 Å². The number of nitrogens with zero attached hydrogens (tertiary/aromatic N) is 1. The van der Waals surface area contributed by atoms with Gasteiger partial charge in [-0.2, -0.15) is 4.57 Å². The molecule has 1 aromatic carbocycles. The van der Waals surface area contributed by atoms with Crippen LogP contribution in [-0.4, -0.2) is 70.2 Å². The van der Waals surface area contributed by atoms with Gasteiger partial charge in [0.15, 0.2) is 23.6 Å². The number of nitrogens with one attached hydrogen (secondary N) is 1. The predicted molar refractivity (Wildman–Crippen MR) is 142 cm³/mol. The van der Waals surface area contributed by atoms with Crippen molar-refractivity contribution in [3.63, 3.8) is 0 Å². The molecule has 6 N–H and O–H groups in total.